The second-order valence-corrected chi connectivity index (χ2v) is 4.52. The van der Waals surface area contributed by atoms with Crippen LogP contribution in [0, 0.1) is 24.1 Å². The van der Waals surface area contributed by atoms with Crippen molar-refractivity contribution in [2.45, 2.75) is 6.92 Å². The fourth-order valence-corrected chi connectivity index (χ4v) is 1.81. The summed E-state index contributed by atoms with van der Waals surface area (Å²) in [5.41, 5.74) is 2.19. The van der Waals surface area contributed by atoms with Crippen LogP contribution >= 0.6 is 0 Å². The number of benzene rings is 2. The van der Waals surface area contributed by atoms with Crippen molar-refractivity contribution in [3.63, 3.8) is 0 Å². The van der Waals surface area contributed by atoms with Gasteiger partial charge in [0.2, 0.25) is 5.91 Å². The molecule has 0 unspecified atom stereocenters. The number of halogens is 1. The average molecular weight is 283 g/mol. The molecule has 0 saturated carbocycles. The number of carbonyl (C=O) groups excluding carboxylic acids is 1. The highest BCUT2D eigenvalue weighted by Crippen LogP contribution is 2.15. The third-order valence-corrected chi connectivity index (χ3v) is 2.96. The minimum absolute atomic E-state index is 0.0326. The molecule has 0 radical (unpaired) electrons. The van der Waals surface area contributed by atoms with E-state index < -0.39 is 5.82 Å². The molecule has 0 fully saturated rings. The maximum absolute atomic E-state index is 13.2. The Labute approximate surface area is 122 Å². The first-order chi connectivity index (χ1) is 10.1. The highest BCUT2D eigenvalue weighted by Gasteiger charge is 2.06. The van der Waals surface area contributed by atoms with Crippen molar-refractivity contribution in [2.75, 3.05) is 17.2 Å². The van der Waals surface area contributed by atoms with Gasteiger partial charge in [0, 0.05) is 11.4 Å². The van der Waals surface area contributed by atoms with Gasteiger partial charge in [0.1, 0.15) is 11.9 Å². The molecule has 0 aliphatic rings. The molecule has 21 heavy (non-hydrogen) atoms. The summed E-state index contributed by atoms with van der Waals surface area (Å²) >= 11 is 0. The van der Waals surface area contributed by atoms with E-state index >= 15 is 0 Å². The molecule has 0 saturated heterocycles. The fraction of sp³-hybridized carbons (Fsp3) is 0.125. The number of rotatable bonds is 4. The largest absolute Gasteiger partial charge is 0.376 e. The Kier molecular flexibility index (Phi) is 4.52. The smallest absolute Gasteiger partial charge is 0.243 e. The van der Waals surface area contributed by atoms with Crippen LogP contribution in [0.25, 0.3) is 0 Å². The summed E-state index contributed by atoms with van der Waals surface area (Å²) in [4.78, 5) is 11.8. The van der Waals surface area contributed by atoms with Gasteiger partial charge in [-0.15, -0.1) is 0 Å². The first kappa shape index (κ1) is 14.5. The fourth-order valence-electron chi connectivity index (χ4n) is 1.81. The lowest BCUT2D eigenvalue weighted by molar-refractivity contribution is -0.114. The molecule has 2 aromatic rings. The first-order valence-electron chi connectivity index (χ1n) is 6.39. The number of amides is 1. The van der Waals surface area contributed by atoms with Gasteiger partial charge in [-0.3, -0.25) is 4.79 Å². The van der Waals surface area contributed by atoms with Gasteiger partial charge < -0.3 is 10.6 Å². The van der Waals surface area contributed by atoms with Crippen LogP contribution in [0.1, 0.15) is 11.1 Å². The minimum atomic E-state index is -0.576. The standard InChI is InChI=1S/C16H14FN3O/c1-11-4-2-3-5-15(11)20-16(21)10-19-13-6-7-14(17)12(8-13)9-18/h2-8,19H,10H2,1H3,(H,20,21). The summed E-state index contributed by atoms with van der Waals surface area (Å²) in [6.07, 6.45) is 0. The Hall–Kier alpha value is -2.87. The van der Waals surface area contributed by atoms with E-state index in [-0.39, 0.29) is 18.0 Å². The maximum atomic E-state index is 13.2. The molecule has 4 nitrogen and oxygen atoms in total. The van der Waals surface area contributed by atoms with Gasteiger partial charge in [0.05, 0.1) is 12.1 Å². The van der Waals surface area contributed by atoms with Crippen LogP contribution in [0.5, 0.6) is 0 Å². The van der Waals surface area contributed by atoms with Crippen molar-refractivity contribution >= 4 is 17.3 Å². The van der Waals surface area contributed by atoms with Crippen LogP contribution in [0.3, 0.4) is 0 Å². The number of nitriles is 1. The summed E-state index contributed by atoms with van der Waals surface area (Å²) in [5, 5.41) is 14.4. The Morgan fingerprint density at radius 3 is 2.76 bits per heavy atom. The van der Waals surface area contributed by atoms with E-state index in [1.807, 2.05) is 31.2 Å². The summed E-state index contributed by atoms with van der Waals surface area (Å²) in [6, 6.07) is 13.3. The second-order valence-electron chi connectivity index (χ2n) is 4.52. The number of anilines is 2. The molecular formula is C16H14FN3O. The number of aryl methyl sites for hydroxylation is 1. The average Bonchev–Trinajstić information content (AvgIpc) is 2.49. The number of hydrogen-bond donors (Lipinski definition) is 2. The van der Waals surface area contributed by atoms with E-state index in [1.54, 1.807) is 6.07 Å². The highest BCUT2D eigenvalue weighted by atomic mass is 19.1. The van der Waals surface area contributed by atoms with Crippen LogP contribution in [-0.2, 0) is 4.79 Å². The molecule has 106 valence electrons. The monoisotopic (exact) mass is 283 g/mol. The van der Waals surface area contributed by atoms with E-state index in [0.29, 0.717) is 5.69 Å². The Bertz CT molecular complexity index is 707. The Balaban J connectivity index is 1.96. The molecule has 0 bridgehead atoms. The van der Waals surface area contributed by atoms with E-state index in [2.05, 4.69) is 10.6 Å². The zero-order valence-electron chi connectivity index (χ0n) is 11.5. The van der Waals surface area contributed by atoms with Crippen molar-refractivity contribution < 1.29 is 9.18 Å². The minimum Gasteiger partial charge on any atom is -0.376 e. The van der Waals surface area contributed by atoms with Gasteiger partial charge >= 0.3 is 0 Å². The lowest BCUT2D eigenvalue weighted by atomic mass is 10.2. The molecule has 0 aliphatic heterocycles. The van der Waals surface area contributed by atoms with Gasteiger partial charge in [0.15, 0.2) is 0 Å². The summed E-state index contributed by atoms with van der Waals surface area (Å²) in [5.74, 6) is -0.792. The third kappa shape index (κ3) is 3.80. The lowest BCUT2D eigenvalue weighted by Crippen LogP contribution is -2.22. The predicted octanol–water partition coefficient (Wildman–Crippen LogP) is 3.06. The molecule has 2 rings (SSSR count). The zero-order chi connectivity index (χ0) is 15.2. The molecule has 5 heteroatoms. The third-order valence-electron chi connectivity index (χ3n) is 2.96. The predicted molar refractivity (Wildman–Crippen MR) is 79.4 cm³/mol. The molecule has 0 atom stereocenters. The van der Waals surface area contributed by atoms with Crippen LogP contribution < -0.4 is 10.6 Å². The van der Waals surface area contributed by atoms with Gasteiger partial charge in [-0.2, -0.15) is 5.26 Å². The Morgan fingerprint density at radius 1 is 1.29 bits per heavy atom. The highest BCUT2D eigenvalue weighted by molar-refractivity contribution is 5.94. The number of hydrogen-bond acceptors (Lipinski definition) is 3. The van der Waals surface area contributed by atoms with Crippen LogP contribution in [0.2, 0.25) is 0 Å². The quantitative estimate of drug-likeness (QED) is 0.906. The SMILES string of the molecule is Cc1ccccc1NC(=O)CNc1ccc(F)c(C#N)c1. The number of para-hydroxylation sites is 1. The van der Waals surface area contributed by atoms with Crippen molar-refractivity contribution in [3.8, 4) is 6.07 Å². The van der Waals surface area contributed by atoms with Crippen molar-refractivity contribution in [1.29, 1.82) is 5.26 Å². The Morgan fingerprint density at radius 2 is 2.05 bits per heavy atom. The van der Waals surface area contributed by atoms with E-state index in [9.17, 15) is 9.18 Å². The van der Waals surface area contributed by atoms with Gasteiger partial charge in [-0.1, -0.05) is 18.2 Å². The number of nitrogens with one attached hydrogen (secondary N) is 2. The van der Waals surface area contributed by atoms with Crippen LogP contribution in [-0.4, -0.2) is 12.5 Å². The molecule has 1 amide bonds. The molecule has 2 N–H and O–H groups in total. The second kappa shape index (κ2) is 6.53. The topological polar surface area (TPSA) is 64.9 Å². The molecule has 0 aromatic heterocycles. The summed E-state index contributed by atoms with van der Waals surface area (Å²) < 4.78 is 13.2. The molecule has 2 aromatic carbocycles. The summed E-state index contributed by atoms with van der Waals surface area (Å²) in [7, 11) is 0. The molecule has 0 aliphatic carbocycles. The van der Waals surface area contributed by atoms with Crippen molar-refractivity contribution in [2.24, 2.45) is 0 Å². The number of nitrogens with zero attached hydrogens (tertiary/aromatic N) is 1. The number of carbonyl (C=O) groups is 1. The van der Waals surface area contributed by atoms with Gasteiger partial charge in [-0.05, 0) is 36.8 Å². The van der Waals surface area contributed by atoms with Gasteiger partial charge in [-0.25, -0.2) is 4.39 Å². The van der Waals surface area contributed by atoms with Gasteiger partial charge in [0.25, 0.3) is 0 Å². The molecule has 0 spiro atoms. The summed E-state index contributed by atoms with van der Waals surface area (Å²) in [6.45, 7) is 1.94. The van der Waals surface area contributed by atoms with Crippen molar-refractivity contribution in [3.05, 3.63) is 59.4 Å². The van der Waals surface area contributed by atoms with Crippen LogP contribution in [0.15, 0.2) is 42.5 Å². The molecular weight excluding hydrogens is 269 g/mol. The van der Waals surface area contributed by atoms with E-state index in [1.165, 1.54) is 18.2 Å². The van der Waals surface area contributed by atoms with Crippen LogP contribution in [0.4, 0.5) is 15.8 Å². The first-order valence-corrected chi connectivity index (χ1v) is 6.39. The van der Waals surface area contributed by atoms with E-state index in [4.69, 9.17) is 5.26 Å². The normalized spacial score (nSPS) is 9.76. The molecule has 0 heterocycles. The maximum Gasteiger partial charge on any atom is 0.243 e. The van der Waals surface area contributed by atoms with E-state index in [0.717, 1.165) is 11.3 Å². The van der Waals surface area contributed by atoms with Crippen molar-refractivity contribution in [1.82, 2.24) is 0 Å². The lowest BCUT2D eigenvalue weighted by Gasteiger charge is -2.10. The zero-order valence-corrected chi connectivity index (χ0v) is 11.5.